The number of hydrogen-bond donors (Lipinski definition) is 1. The third kappa shape index (κ3) is 5.14. The van der Waals surface area contributed by atoms with Crippen molar-refractivity contribution >= 4 is 11.3 Å². The summed E-state index contributed by atoms with van der Waals surface area (Å²) in [5.74, 6) is 0.970. The van der Waals surface area contributed by atoms with Gasteiger partial charge in [0.05, 0.1) is 0 Å². The van der Waals surface area contributed by atoms with Crippen molar-refractivity contribution in [2.75, 3.05) is 6.54 Å². The standard InChI is InChI=1S/C17H24N2OS/c1-3-5-10-18-11-15-12-19-17(21-15)13-20-16-9-7-6-8-14(16)4-2/h6-9,12,18H,3-5,10-11,13H2,1-2H3. The summed E-state index contributed by atoms with van der Waals surface area (Å²) >= 11 is 1.73. The summed E-state index contributed by atoms with van der Waals surface area (Å²) in [6.07, 6.45) is 5.39. The minimum Gasteiger partial charge on any atom is -0.486 e. The number of nitrogens with zero attached hydrogens (tertiary/aromatic N) is 1. The van der Waals surface area contributed by atoms with Crippen LogP contribution in [0.5, 0.6) is 5.75 Å². The van der Waals surface area contributed by atoms with Crippen LogP contribution >= 0.6 is 11.3 Å². The molecule has 1 heterocycles. The molecule has 0 amide bonds. The number of unbranched alkanes of at least 4 members (excludes halogenated alkanes) is 1. The van der Waals surface area contributed by atoms with Crippen LogP contribution in [-0.2, 0) is 19.6 Å². The molecule has 2 aromatic rings. The fourth-order valence-electron chi connectivity index (χ4n) is 2.09. The second kappa shape index (κ2) is 8.80. The highest BCUT2D eigenvalue weighted by molar-refractivity contribution is 7.11. The monoisotopic (exact) mass is 304 g/mol. The van der Waals surface area contributed by atoms with E-state index in [0.29, 0.717) is 6.61 Å². The molecule has 0 aliphatic carbocycles. The zero-order valence-corrected chi connectivity index (χ0v) is 13.7. The highest BCUT2D eigenvalue weighted by Gasteiger charge is 2.05. The molecule has 0 saturated heterocycles. The summed E-state index contributed by atoms with van der Waals surface area (Å²) in [5, 5.41) is 4.47. The summed E-state index contributed by atoms with van der Waals surface area (Å²) in [7, 11) is 0. The summed E-state index contributed by atoms with van der Waals surface area (Å²) < 4.78 is 5.90. The van der Waals surface area contributed by atoms with Crippen LogP contribution < -0.4 is 10.1 Å². The van der Waals surface area contributed by atoms with Crippen LogP contribution in [0.25, 0.3) is 0 Å². The van der Waals surface area contributed by atoms with Crippen molar-refractivity contribution in [2.24, 2.45) is 0 Å². The number of para-hydroxylation sites is 1. The SMILES string of the molecule is CCCCNCc1cnc(COc2ccccc2CC)s1. The van der Waals surface area contributed by atoms with Gasteiger partial charge in [-0.05, 0) is 31.0 Å². The van der Waals surface area contributed by atoms with Crippen LogP contribution in [0, 0.1) is 0 Å². The van der Waals surface area contributed by atoms with Crippen LogP contribution in [0.4, 0.5) is 0 Å². The molecule has 0 aliphatic rings. The van der Waals surface area contributed by atoms with E-state index in [1.165, 1.54) is 23.3 Å². The van der Waals surface area contributed by atoms with Crippen molar-refractivity contribution < 1.29 is 4.74 Å². The lowest BCUT2D eigenvalue weighted by Crippen LogP contribution is -2.13. The predicted octanol–water partition coefficient (Wildman–Crippen LogP) is 4.17. The molecule has 0 saturated carbocycles. The molecule has 21 heavy (non-hydrogen) atoms. The highest BCUT2D eigenvalue weighted by Crippen LogP contribution is 2.21. The van der Waals surface area contributed by atoms with Gasteiger partial charge in [-0.25, -0.2) is 4.98 Å². The summed E-state index contributed by atoms with van der Waals surface area (Å²) in [6, 6.07) is 8.20. The Kier molecular flexibility index (Phi) is 6.70. The topological polar surface area (TPSA) is 34.2 Å². The average Bonchev–Trinajstić information content (AvgIpc) is 2.98. The van der Waals surface area contributed by atoms with Gasteiger partial charge in [0, 0.05) is 17.6 Å². The van der Waals surface area contributed by atoms with Crippen LogP contribution in [0.3, 0.4) is 0 Å². The maximum Gasteiger partial charge on any atom is 0.140 e. The van der Waals surface area contributed by atoms with Crippen molar-refractivity contribution in [1.29, 1.82) is 0 Å². The first-order chi connectivity index (χ1) is 10.3. The molecule has 1 N–H and O–H groups in total. The maximum absolute atomic E-state index is 5.90. The van der Waals surface area contributed by atoms with Crippen LogP contribution in [0.2, 0.25) is 0 Å². The molecule has 0 aliphatic heterocycles. The zero-order valence-electron chi connectivity index (χ0n) is 12.9. The quantitative estimate of drug-likeness (QED) is 0.706. The van der Waals surface area contributed by atoms with E-state index in [4.69, 9.17) is 4.74 Å². The van der Waals surface area contributed by atoms with E-state index in [9.17, 15) is 0 Å². The Hall–Kier alpha value is -1.39. The van der Waals surface area contributed by atoms with Gasteiger partial charge in [-0.15, -0.1) is 11.3 Å². The summed E-state index contributed by atoms with van der Waals surface area (Å²) in [5.41, 5.74) is 1.25. The number of aryl methyl sites for hydroxylation is 1. The Labute approximate surface area is 131 Å². The Morgan fingerprint density at radius 2 is 2.10 bits per heavy atom. The van der Waals surface area contributed by atoms with Crippen LogP contribution in [0.15, 0.2) is 30.5 Å². The fourth-order valence-corrected chi connectivity index (χ4v) is 2.89. The Morgan fingerprint density at radius 3 is 2.90 bits per heavy atom. The van der Waals surface area contributed by atoms with E-state index in [-0.39, 0.29) is 0 Å². The lowest BCUT2D eigenvalue weighted by Gasteiger charge is -2.08. The van der Waals surface area contributed by atoms with Gasteiger partial charge >= 0.3 is 0 Å². The normalized spacial score (nSPS) is 10.8. The van der Waals surface area contributed by atoms with Gasteiger partial charge < -0.3 is 10.1 Å². The van der Waals surface area contributed by atoms with Crippen molar-refractivity contribution in [3.63, 3.8) is 0 Å². The first-order valence-electron chi connectivity index (χ1n) is 7.68. The molecular formula is C17H24N2OS. The molecule has 114 valence electrons. The largest absolute Gasteiger partial charge is 0.486 e. The molecule has 0 bridgehead atoms. The number of aromatic nitrogens is 1. The molecule has 0 fully saturated rings. The van der Waals surface area contributed by atoms with E-state index in [1.807, 2.05) is 18.3 Å². The van der Waals surface area contributed by atoms with E-state index >= 15 is 0 Å². The predicted molar refractivity (Wildman–Crippen MR) is 88.9 cm³/mol. The third-order valence-corrected chi connectivity index (χ3v) is 4.28. The van der Waals surface area contributed by atoms with E-state index in [1.54, 1.807) is 11.3 Å². The minimum atomic E-state index is 0.552. The van der Waals surface area contributed by atoms with Crippen molar-refractivity contribution in [1.82, 2.24) is 10.3 Å². The van der Waals surface area contributed by atoms with Gasteiger partial charge in [-0.3, -0.25) is 0 Å². The van der Waals surface area contributed by atoms with Gasteiger partial charge in [0.2, 0.25) is 0 Å². The molecule has 0 unspecified atom stereocenters. The molecule has 4 heteroatoms. The number of ether oxygens (including phenoxy) is 1. The molecule has 0 spiro atoms. The Bertz CT molecular complexity index is 539. The minimum absolute atomic E-state index is 0.552. The lowest BCUT2D eigenvalue weighted by atomic mass is 10.1. The third-order valence-electron chi connectivity index (χ3n) is 3.31. The van der Waals surface area contributed by atoms with E-state index in [2.05, 4.69) is 36.3 Å². The number of nitrogens with one attached hydrogen (secondary N) is 1. The average molecular weight is 304 g/mol. The summed E-state index contributed by atoms with van der Waals surface area (Å²) in [6.45, 7) is 6.88. The van der Waals surface area contributed by atoms with Gasteiger partial charge in [0.25, 0.3) is 0 Å². The number of thiazole rings is 1. The number of rotatable bonds is 9. The molecule has 3 nitrogen and oxygen atoms in total. The molecular weight excluding hydrogens is 280 g/mol. The maximum atomic E-state index is 5.90. The molecule has 0 radical (unpaired) electrons. The second-order valence-corrected chi connectivity index (χ2v) is 6.20. The van der Waals surface area contributed by atoms with Gasteiger partial charge in [0.15, 0.2) is 0 Å². The molecule has 0 atom stereocenters. The fraction of sp³-hybridized carbons (Fsp3) is 0.471. The molecule has 1 aromatic heterocycles. The first kappa shape index (κ1) is 16.0. The molecule has 2 rings (SSSR count). The van der Waals surface area contributed by atoms with Crippen molar-refractivity contribution in [3.8, 4) is 5.75 Å². The second-order valence-electron chi connectivity index (χ2n) is 5.00. The van der Waals surface area contributed by atoms with Crippen molar-refractivity contribution in [3.05, 3.63) is 45.9 Å². The van der Waals surface area contributed by atoms with Crippen LogP contribution in [-0.4, -0.2) is 11.5 Å². The van der Waals surface area contributed by atoms with Gasteiger partial charge in [-0.2, -0.15) is 0 Å². The first-order valence-corrected chi connectivity index (χ1v) is 8.50. The number of benzene rings is 1. The zero-order chi connectivity index (χ0) is 14.9. The van der Waals surface area contributed by atoms with E-state index < -0.39 is 0 Å². The van der Waals surface area contributed by atoms with Gasteiger partial charge in [-0.1, -0.05) is 38.5 Å². The van der Waals surface area contributed by atoms with E-state index in [0.717, 1.165) is 30.3 Å². The molecule has 1 aromatic carbocycles. The van der Waals surface area contributed by atoms with Gasteiger partial charge in [0.1, 0.15) is 17.4 Å². The highest BCUT2D eigenvalue weighted by atomic mass is 32.1. The number of hydrogen-bond acceptors (Lipinski definition) is 4. The lowest BCUT2D eigenvalue weighted by molar-refractivity contribution is 0.302. The smallest absolute Gasteiger partial charge is 0.140 e. The van der Waals surface area contributed by atoms with Crippen molar-refractivity contribution in [2.45, 2.75) is 46.3 Å². The Morgan fingerprint density at radius 1 is 1.24 bits per heavy atom. The van der Waals surface area contributed by atoms with Crippen LogP contribution in [0.1, 0.15) is 42.1 Å². The Balaban J connectivity index is 1.82. The summed E-state index contributed by atoms with van der Waals surface area (Å²) in [4.78, 5) is 5.71.